The van der Waals surface area contributed by atoms with Gasteiger partial charge in [-0.25, -0.2) is 0 Å². The van der Waals surface area contributed by atoms with Gasteiger partial charge in [-0.2, -0.15) is 26.3 Å². The molecule has 1 N–H and O–H groups in total. The maximum atomic E-state index is 14.1. The molecule has 0 radical (unpaired) electrons. The molecule has 4 rings (SSSR count). The molecule has 2 atom stereocenters. The van der Waals surface area contributed by atoms with Gasteiger partial charge in [-0.05, 0) is 47.7 Å². The highest BCUT2D eigenvalue weighted by Crippen LogP contribution is 2.49. The van der Waals surface area contributed by atoms with Crippen molar-refractivity contribution in [3.8, 4) is 0 Å². The standard InChI is InChI=1S/C21H16F6N2O2/c22-20(23,24)15-3-1-2-14(9-15)19(21(25,26)27)10-18(29-31-19)13-4-6-16-12(8-13)5-7-17(16)28-11-30/h1-4,6,8-9,11,17H,5,7,10H2,(H,28,30). The molecule has 0 spiro atoms. The zero-order chi connectivity index (χ0) is 22.4. The zero-order valence-corrected chi connectivity index (χ0v) is 15.8. The summed E-state index contributed by atoms with van der Waals surface area (Å²) in [4.78, 5) is 15.6. The molecule has 1 aliphatic heterocycles. The second-order valence-electron chi connectivity index (χ2n) is 7.50. The Morgan fingerprint density at radius 3 is 2.55 bits per heavy atom. The fourth-order valence-corrected chi connectivity index (χ4v) is 4.06. The third-order valence-corrected chi connectivity index (χ3v) is 5.67. The van der Waals surface area contributed by atoms with Crippen LogP contribution in [0.25, 0.3) is 0 Å². The molecule has 4 nitrogen and oxygen atoms in total. The maximum absolute atomic E-state index is 14.1. The molecule has 10 heteroatoms. The van der Waals surface area contributed by atoms with Crippen LogP contribution in [0.3, 0.4) is 0 Å². The Hall–Kier alpha value is -3.04. The van der Waals surface area contributed by atoms with Crippen molar-refractivity contribution in [3.63, 3.8) is 0 Å². The zero-order valence-electron chi connectivity index (χ0n) is 15.8. The molecule has 2 aromatic rings. The quantitative estimate of drug-likeness (QED) is 0.534. The van der Waals surface area contributed by atoms with Crippen LogP contribution in [0.15, 0.2) is 47.6 Å². The molecule has 2 unspecified atom stereocenters. The van der Waals surface area contributed by atoms with Gasteiger partial charge in [0.1, 0.15) is 0 Å². The number of nitrogens with zero attached hydrogens (tertiary/aromatic N) is 1. The molecule has 1 aliphatic carbocycles. The van der Waals surface area contributed by atoms with Crippen LogP contribution in [-0.4, -0.2) is 18.3 Å². The predicted molar refractivity (Wildman–Crippen MR) is 98.1 cm³/mol. The van der Waals surface area contributed by atoms with E-state index in [0.29, 0.717) is 36.9 Å². The molecular weight excluding hydrogens is 426 g/mol. The Kier molecular flexibility index (Phi) is 4.98. The average molecular weight is 442 g/mol. The van der Waals surface area contributed by atoms with Crippen molar-refractivity contribution in [1.82, 2.24) is 5.32 Å². The number of fused-ring (bicyclic) bond motifs is 1. The minimum absolute atomic E-state index is 0.00988. The summed E-state index contributed by atoms with van der Waals surface area (Å²) in [7, 11) is 0. The monoisotopic (exact) mass is 442 g/mol. The Labute approximate surface area is 172 Å². The number of hydrogen-bond donors (Lipinski definition) is 1. The van der Waals surface area contributed by atoms with Gasteiger partial charge >= 0.3 is 12.4 Å². The van der Waals surface area contributed by atoms with Gasteiger partial charge in [0.25, 0.3) is 5.60 Å². The van der Waals surface area contributed by atoms with E-state index in [0.717, 1.165) is 23.3 Å². The van der Waals surface area contributed by atoms with E-state index in [1.165, 1.54) is 0 Å². The lowest BCUT2D eigenvalue weighted by atomic mass is 9.85. The lowest BCUT2D eigenvalue weighted by Gasteiger charge is -2.30. The molecule has 0 fully saturated rings. The lowest BCUT2D eigenvalue weighted by Crippen LogP contribution is -2.42. The number of oxime groups is 1. The highest BCUT2D eigenvalue weighted by Gasteiger charge is 2.62. The van der Waals surface area contributed by atoms with Crippen molar-refractivity contribution in [2.45, 2.75) is 43.3 Å². The van der Waals surface area contributed by atoms with Crippen LogP contribution in [0.1, 0.15) is 46.7 Å². The Morgan fingerprint density at radius 1 is 1.10 bits per heavy atom. The van der Waals surface area contributed by atoms with Crippen molar-refractivity contribution in [1.29, 1.82) is 0 Å². The van der Waals surface area contributed by atoms with Crippen LogP contribution in [0.2, 0.25) is 0 Å². The van der Waals surface area contributed by atoms with E-state index >= 15 is 0 Å². The third kappa shape index (κ3) is 3.64. The number of nitrogens with one attached hydrogen (secondary N) is 1. The first-order valence-electron chi connectivity index (χ1n) is 9.37. The maximum Gasteiger partial charge on any atom is 0.435 e. The second kappa shape index (κ2) is 7.28. The van der Waals surface area contributed by atoms with Gasteiger partial charge in [0, 0.05) is 12.0 Å². The molecule has 2 aliphatic rings. The van der Waals surface area contributed by atoms with Gasteiger partial charge in [0.2, 0.25) is 6.41 Å². The van der Waals surface area contributed by atoms with E-state index in [4.69, 9.17) is 4.84 Å². The summed E-state index contributed by atoms with van der Waals surface area (Å²) in [6.45, 7) is 0. The number of carbonyl (C=O) groups excluding carboxylic acids is 1. The first-order chi connectivity index (χ1) is 14.5. The van der Waals surface area contributed by atoms with Gasteiger partial charge in [0.05, 0.1) is 17.3 Å². The van der Waals surface area contributed by atoms with Crippen molar-refractivity contribution in [3.05, 3.63) is 70.3 Å². The van der Waals surface area contributed by atoms with Crippen molar-refractivity contribution >= 4 is 12.1 Å². The number of alkyl halides is 6. The van der Waals surface area contributed by atoms with Gasteiger partial charge in [-0.15, -0.1) is 0 Å². The number of benzene rings is 2. The minimum Gasteiger partial charge on any atom is -0.374 e. The number of carbonyl (C=O) groups is 1. The van der Waals surface area contributed by atoms with Crippen LogP contribution in [0.5, 0.6) is 0 Å². The predicted octanol–water partition coefficient (Wildman–Crippen LogP) is 5.02. The van der Waals surface area contributed by atoms with E-state index in [-0.39, 0.29) is 11.8 Å². The highest BCUT2D eigenvalue weighted by molar-refractivity contribution is 6.02. The Bertz CT molecular complexity index is 1050. The minimum atomic E-state index is -5.00. The molecule has 1 heterocycles. The molecule has 0 aromatic heterocycles. The van der Waals surface area contributed by atoms with E-state index in [2.05, 4.69) is 10.5 Å². The van der Waals surface area contributed by atoms with Crippen molar-refractivity contribution in [2.75, 3.05) is 0 Å². The normalized spacial score (nSPS) is 23.2. The first kappa shape index (κ1) is 21.2. The lowest BCUT2D eigenvalue weighted by molar-refractivity contribution is -0.276. The van der Waals surface area contributed by atoms with Crippen LogP contribution in [0, 0.1) is 0 Å². The smallest absolute Gasteiger partial charge is 0.374 e. The molecule has 0 saturated carbocycles. The molecular formula is C21H16F6N2O2. The van der Waals surface area contributed by atoms with Gasteiger partial charge in [0.15, 0.2) is 0 Å². The van der Waals surface area contributed by atoms with Crippen LogP contribution >= 0.6 is 0 Å². The number of halogens is 6. The second-order valence-corrected chi connectivity index (χ2v) is 7.50. The summed E-state index contributed by atoms with van der Waals surface area (Å²) >= 11 is 0. The summed E-state index contributed by atoms with van der Waals surface area (Å²) < 4.78 is 81.3. The molecule has 1 amide bonds. The fourth-order valence-electron chi connectivity index (χ4n) is 4.06. The van der Waals surface area contributed by atoms with E-state index in [1.54, 1.807) is 18.2 Å². The molecule has 31 heavy (non-hydrogen) atoms. The average Bonchev–Trinajstić information content (AvgIpc) is 3.33. The molecule has 0 saturated heterocycles. The van der Waals surface area contributed by atoms with Gasteiger partial charge < -0.3 is 10.2 Å². The molecule has 164 valence electrons. The third-order valence-electron chi connectivity index (χ3n) is 5.67. The van der Waals surface area contributed by atoms with Gasteiger partial charge in [-0.3, -0.25) is 4.79 Å². The fraction of sp³-hybridized carbons (Fsp3) is 0.333. The van der Waals surface area contributed by atoms with Crippen molar-refractivity contribution in [2.24, 2.45) is 5.16 Å². The van der Waals surface area contributed by atoms with Crippen molar-refractivity contribution < 1.29 is 36.0 Å². The summed E-state index contributed by atoms with van der Waals surface area (Å²) in [5.74, 6) is 0. The number of amides is 1. The van der Waals surface area contributed by atoms with E-state index < -0.39 is 35.5 Å². The van der Waals surface area contributed by atoms with Crippen LogP contribution in [-0.2, 0) is 27.8 Å². The Balaban J connectivity index is 1.68. The van der Waals surface area contributed by atoms with Gasteiger partial charge in [-0.1, -0.05) is 29.4 Å². The largest absolute Gasteiger partial charge is 0.435 e. The molecule has 0 bridgehead atoms. The summed E-state index contributed by atoms with van der Waals surface area (Å²) in [6.07, 6.45) is -8.67. The highest BCUT2D eigenvalue weighted by atomic mass is 19.4. The van der Waals surface area contributed by atoms with Crippen LogP contribution in [0.4, 0.5) is 26.3 Å². The Morgan fingerprint density at radius 2 is 1.87 bits per heavy atom. The number of aryl methyl sites for hydroxylation is 1. The van der Waals surface area contributed by atoms with E-state index in [9.17, 15) is 31.1 Å². The summed E-state index contributed by atoms with van der Waals surface area (Å²) in [5.41, 5.74) is -2.75. The topological polar surface area (TPSA) is 50.7 Å². The number of rotatable bonds is 4. The molecule has 2 aromatic carbocycles. The SMILES string of the molecule is O=CNC1CCc2cc(C3=NOC(c4cccc(C(F)(F)F)c4)(C(F)(F)F)C3)ccc21. The first-order valence-corrected chi connectivity index (χ1v) is 9.37. The summed E-state index contributed by atoms with van der Waals surface area (Å²) in [6, 6.07) is 7.83. The van der Waals surface area contributed by atoms with Crippen LogP contribution < -0.4 is 5.32 Å². The summed E-state index contributed by atoms with van der Waals surface area (Å²) in [5, 5.41) is 6.30. The van der Waals surface area contributed by atoms with E-state index in [1.807, 2.05) is 0 Å². The number of hydrogen-bond acceptors (Lipinski definition) is 3.